The zero-order valence-corrected chi connectivity index (χ0v) is 13.5. The number of esters is 1. The SMILES string of the molecule is COC(=O)/C=C(\C)c1ccc([B-](F)(F)F)cc1.[K+]. The van der Waals surface area contributed by atoms with Gasteiger partial charge in [0.1, 0.15) is 0 Å². The first kappa shape index (κ1) is 17.9. The number of hydrogen-bond donors (Lipinski definition) is 0. The molecule has 1 aromatic rings. The van der Waals surface area contributed by atoms with Gasteiger partial charge in [-0.25, -0.2) is 4.79 Å². The fourth-order valence-corrected chi connectivity index (χ4v) is 1.28. The summed E-state index contributed by atoms with van der Waals surface area (Å²) in [5.41, 5.74) is 0.455. The van der Waals surface area contributed by atoms with E-state index in [0.29, 0.717) is 11.1 Å². The number of halogens is 3. The summed E-state index contributed by atoms with van der Waals surface area (Å²) in [6.07, 6.45) is 1.23. The van der Waals surface area contributed by atoms with Gasteiger partial charge in [-0.3, -0.25) is 0 Å². The number of ether oxygens (including phenoxy) is 1. The van der Waals surface area contributed by atoms with Crippen LogP contribution in [0, 0.1) is 0 Å². The summed E-state index contributed by atoms with van der Waals surface area (Å²) < 4.78 is 41.5. The summed E-state index contributed by atoms with van der Waals surface area (Å²) in [6, 6.07) is 4.67. The van der Waals surface area contributed by atoms with Crippen LogP contribution in [0.2, 0.25) is 0 Å². The van der Waals surface area contributed by atoms with Gasteiger partial charge >= 0.3 is 64.3 Å². The van der Waals surface area contributed by atoms with Crippen LogP contribution >= 0.6 is 0 Å². The zero-order chi connectivity index (χ0) is 13.1. The first-order chi connectivity index (χ1) is 7.84. The zero-order valence-electron chi connectivity index (χ0n) is 10.4. The van der Waals surface area contributed by atoms with Gasteiger partial charge < -0.3 is 17.7 Å². The average Bonchev–Trinajstić information content (AvgIpc) is 2.27. The molecule has 92 valence electrons. The summed E-state index contributed by atoms with van der Waals surface area (Å²) in [4.78, 5) is 10.9. The minimum atomic E-state index is -4.98. The number of hydrogen-bond acceptors (Lipinski definition) is 2. The predicted molar refractivity (Wildman–Crippen MR) is 60.8 cm³/mol. The van der Waals surface area contributed by atoms with Crippen molar-refractivity contribution in [2.45, 2.75) is 6.92 Å². The van der Waals surface area contributed by atoms with Gasteiger partial charge in [-0.05, 0) is 18.1 Å². The molecule has 0 N–H and O–H groups in total. The van der Waals surface area contributed by atoms with Crippen molar-refractivity contribution in [2.75, 3.05) is 7.11 Å². The minimum absolute atomic E-state index is 0. The molecule has 0 spiro atoms. The van der Waals surface area contributed by atoms with Crippen molar-refractivity contribution in [2.24, 2.45) is 0 Å². The topological polar surface area (TPSA) is 26.3 Å². The standard InChI is InChI=1S/C11H11BF3O2.K/c1-8(7-11(16)17-2)9-3-5-10(6-4-9)12(13,14)15;/h3-7H,1-2H3;/q-1;+1/b8-7+;. The largest absolute Gasteiger partial charge is 1.00 e. The Bertz CT molecular complexity index is 441. The smallest absolute Gasteiger partial charge is 0.466 e. The Hall–Kier alpha value is -0.0787. The molecule has 0 saturated carbocycles. The quantitative estimate of drug-likeness (QED) is 0.417. The van der Waals surface area contributed by atoms with Gasteiger partial charge in [-0.2, -0.15) is 0 Å². The summed E-state index contributed by atoms with van der Waals surface area (Å²) in [7, 11) is 1.24. The van der Waals surface area contributed by atoms with E-state index in [1.54, 1.807) is 6.92 Å². The van der Waals surface area contributed by atoms with E-state index in [-0.39, 0.29) is 51.4 Å². The predicted octanol–water partition coefficient (Wildman–Crippen LogP) is -0.679. The Balaban J connectivity index is 0.00000289. The molecular formula is C11H11BF3KO2. The second kappa shape index (κ2) is 7.50. The third-order valence-electron chi connectivity index (χ3n) is 2.28. The first-order valence-corrected chi connectivity index (χ1v) is 4.91. The summed E-state index contributed by atoms with van der Waals surface area (Å²) in [6.45, 7) is -3.35. The molecule has 1 aromatic carbocycles. The Morgan fingerprint density at radius 2 is 1.72 bits per heavy atom. The Kier molecular flexibility index (Phi) is 7.46. The average molecular weight is 282 g/mol. The molecule has 0 bridgehead atoms. The normalized spacial score (nSPS) is 11.7. The van der Waals surface area contributed by atoms with Gasteiger partial charge in [-0.1, -0.05) is 24.3 Å². The molecule has 0 saturated heterocycles. The molecule has 0 aromatic heterocycles. The van der Waals surface area contributed by atoms with E-state index in [9.17, 15) is 17.7 Å². The van der Waals surface area contributed by atoms with Crippen LogP contribution in [0.4, 0.5) is 12.9 Å². The maximum absolute atomic E-state index is 12.4. The van der Waals surface area contributed by atoms with Crippen LogP contribution < -0.4 is 56.8 Å². The van der Waals surface area contributed by atoms with Crippen LogP contribution in [0.15, 0.2) is 30.3 Å². The monoisotopic (exact) mass is 282 g/mol. The van der Waals surface area contributed by atoms with Crippen LogP contribution in [0.25, 0.3) is 5.57 Å². The Morgan fingerprint density at radius 3 is 2.11 bits per heavy atom. The molecular weight excluding hydrogens is 271 g/mol. The maximum Gasteiger partial charge on any atom is 1.00 e. The fourth-order valence-electron chi connectivity index (χ4n) is 1.28. The number of benzene rings is 1. The minimum Gasteiger partial charge on any atom is -0.466 e. The van der Waals surface area contributed by atoms with Crippen molar-refractivity contribution >= 4 is 24.0 Å². The molecule has 0 aliphatic carbocycles. The summed E-state index contributed by atoms with van der Waals surface area (Å²) >= 11 is 0. The molecule has 0 heterocycles. The van der Waals surface area contributed by atoms with E-state index in [4.69, 9.17) is 0 Å². The van der Waals surface area contributed by atoms with E-state index < -0.39 is 18.4 Å². The van der Waals surface area contributed by atoms with Crippen molar-refractivity contribution in [3.8, 4) is 0 Å². The van der Waals surface area contributed by atoms with E-state index in [2.05, 4.69) is 4.74 Å². The van der Waals surface area contributed by atoms with E-state index in [1.807, 2.05) is 0 Å². The molecule has 18 heavy (non-hydrogen) atoms. The molecule has 0 aliphatic rings. The van der Waals surface area contributed by atoms with Crippen LogP contribution in [0.3, 0.4) is 0 Å². The van der Waals surface area contributed by atoms with Crippen molar-refractivity contribution < 1.29 is 73.9 Å². The van der Waals surface area contributed by atoms with E-state index in [0.717, 1.165) is 12.1 Å². The molecule has 0 unspecified atom stereocenters. The van der Waals surface area contributed by atoms with Gasteiger partial charge in [0.2, 0.25) is 0 Å². The van der Waals surface area contributed by atoms with Gasteiger partial charge in [0.05, 0.1) is 7.11 Å². The summed E-state index contributed by atoms with van der Waals surface area (Å²) in [5.74, 6) is -0.536. The Labute approximate surface area is 146 Å². The van der Waals surface area contributed by atoms with Gasteiger partial charge in [0, 0.05) is 6.08 Å². The van der Waals surface area contributed by atoms with Crippen molar-refractivity contribution in [1.29, 1.82) is 0 Å². The molecule has 0 fully saturated rings. The molecule has 0 aliphatic heterocycles. The molecule has 0 radical (unpaired) electrons. The second-order valence-corrected chi connectivity index (χ2v) is 3.55. The van der Waals surface area contributed by atoms with Crippen LogP contribution in [0.5, 0.6) is 0 Å². The van der Waals surface area contributed by atoms with Crippen LogP contribution in [-0.2, 0) is 9.53 Å². The first-order valence-electron chi connectivity index (χ1n) is 4.91. The number of methoxy groups -OCH3 is 1. The van der Waals surface area contributed by atoms with E-state index >= 15 is 0 Å². The van der Waals surface area contributed by atoms with Crippen molar-refractivity contribution in [3.05, 3.63) is 35.9 Å². The summed E-state index contributed by atoms with van der Waals surface area (Å²) in [5, 5.41) is 0. The molecule has 0 amide bonds. The van der Waals surface area contributed by atoms with Crippen molar-refractivity contribution in [3.63, 3.8) is 0 Å². The van der Waals surface area contributed by atoms with Gasteiger partial charge in [-0.15, -0.1) is 5.46 Å². The molecule has 0 atom stereocenters. The second-order valence-electron chi connectivity index (χ2n) is 3.55. The van der Waals surface area contributed by atoms with Crippen molar-refractivity contribution in [1.82, 2.24) is 0 Å². The number of rotatable bonds is 3. The van der Waals surface area contributed by atoms with Gasteiger partial charge in [0.15, 0.2) is 0 Å². The Morgan fingerprint density at radius 1 is 1.22 bits per heavy atom. The number of allylic oxidation sites excluding steroid dienone is 1. The van der Waals surface area contributed by atoms with Crippen LogP contribution in [-0.4, -0.2) is 20.1 Å². The third-order valence-corrected chi connectivity index (χ3v) is 2.28. The van der Waals surface area contributed by atoms with Gasteiger partial charge in [0.25, 0.3) is 0 Å². The number of carbonyl (C=O) groups excluding carboxylic acids is 1. The molecule has 1 rings (SSSR count). The van der Waals surface area contributed by atoms with E-state index in [1.165, 1.54) is 25.3 Å². The van der Waals surface area contributed by atoms with Crippen LogP contribution in [0.1, 0.15) is 12.5 Å². The number of carbonyl (C=O) groups is 1. The molecule has 2 nitrogen and oxygen atoms in total. The fraction of sp³-hybridized carbons (Fsp3) is 0.182. The molecule has 7 heteroatoms. The third kappa shape index (κ3) is 5.28. The maximum atomic E-state index is 12.4.